The summed E-state index contributed by atoms with van der Waals surface area (Å²) in [6.45, 7) is 9.90. The van der Waals surface area contributed by atoms with Crippen LogP contribution in [-0.2, 0) is 18.2 Å². The van der Waals surface area contributed by atoms with E-state index < -0.39 is 0 Å². The van der Waals surface area contributed by atoms with Crippen molar-refractivity contribution in [3.63, 3.8) is 0 Å². The SMILES string of the molecule is CCC(C)(C(N)Cc1c(C)nn(C)c1Cl)N1CCOCC1. The third kappa shape index (κ3) is 3.26. The van der Waals surface area contributed by atoms with Crippen molar-refractivity contribution in [3.05, 3.63) is 16.4 Å². The first-order valence-electron chi connectivity index (χ1n) is 7.66. The van der Waals surface area contributed by atoms with Gasteiger partial charge in [0.2, 0.25) is 0 Å². The largest absolute Gasteiger partial charge is 0.379 e. The number of nitrogens with two attached hydrogens (primary N) is 1. The topological polar surface area (TPSA) is 56.3 Å². The summed E-state index contributed by atoms with van der Waals surface area (Å²) in [6.07, 6.45) is 1.76. The summed E-state index contributed by atoms with van der Waals surface area (Å²) in [6, 6.07) is 0.0148. The molecule has 0 amide bonds. The Kier molecular flexibility index (Phi) is 5.30. The first-order valence-corrected chi connectivity index (χ1v) is 8.04. The summed E-state index contributed by atoms with van der Waals surface area (Å²) in [5.41, 5.74) is 8.59. The van der Waals surface area contributed by atoms with Crippen molar-refractivity contribution in [2.75, 3.05) is 26.3 Å². The minimum Gasteiger partial charge on any atom is -0.379 e. The highest BCUT2D eigenvalue weighted by Crippen LogP contribution is 2.28. The summed E-state index contributed by atoms with van der Waals surface area (Å²) in [7, 11) is 1.87. The fourth-order valence-corrected chi connectivity index (χ4v) is 3.39. The molecule has 1 aliphatic heterocycles. The Balaban J connectivity index is 2.17. The number of ether oxygens (including phenoxy) is 1. The first-order chi connectivity index (χ1) is 9.90. The van der Waals surface area contributed by atoms with Crippen LogP contribution < -0.4 is 5.73 Å². The van der Waals surface area contributed by atoms with Crippen LogP contribution in [0.15, 0.2) is 0 Å². The summed E-state index contributed by atoms with van der Waals surface area (Å²) in [4.78, 5) is 2.46. The van der Waals surface area contributed by atoms with E-state index in [0.29, 0.717) is 5.15 Å². The number of aryl methyl sites for hydroxylation is 2. The van der Waals surface area contributed by atoms with E-state index in [1.54, 1.807) is 4.68 Å². The van der Waals surface area contributed by atoms with Crippen LogP contribution in [0.5, 0.6) is 0 Å². The van der Waals surface area contributed by atoms with Crippen LogP contribution in [0.3, 0.4) is 0 Å². The molecule has 0 aromatic carbocycles. The van der Waals surface area contributed by atoms with E-state index in [2.05, 4.69) is 23.8 Å². The molecule has 0 aliphatic carbocycles. The number of rotatable bonds is 5. The molecule has 120 valence electrons. The molecule has 0 radical (unpaired) electrons. The minimum atomic E-state index is -0.0462. The van der Waals surface area contributed by atoms with Gasteiger partial charge in [-0.15, -0.1) is 0 Å². The van der Waals surface area contributed by atoms with Crippen LogP contribution in [0.2, 0.25) is 5.15 Å². The lowest BCUT2D eigenvalue weighted by Gasteiger charge is -2.46. The molecule has 2 heterocycles. The van der Waals surface area contributed by atoms with Crippen molar-refractivity contribution in [1.29, 1.82) is 0 Å². The average Bonchev–Trinajstić information content (AvgIpc) is 2.73. The van der Waals surface area contributed by atoms with Crippen molar-refractivity contribution in [2.45, 2.75) is 45.2 Å². The highest BCUT2D eigenvalue weighted by molar-refractivity contribution is 6.30. The van der Waals surface area contributed by atoms with E-state index in [-0.39, 0.29) is 11.6 Å². The Bertz CT molecular complexity index is 484. The van der Waals surface area contributed by atoms with Gasteiger partial charge in [-0.1, -0.05) is 18.5 Å². The molecule has 5 nitrogen and oxygen atoms in total. The molecule has 0 bridgehead atoms. The molecule has 1 saturated heterocycles. The van der Waals surface area contributed by atoms with E-state index in [9.17, 15) is 0 Å². The lowest BCUT2D eigenvalue weighted by atomic mass is 9.84. The molecular weight excluding hydrogens is 288 g/mol. The Morgan fingerprint density at radius 2 is 2.05 bits per heavy atom. The molecule has 1 aromatic heterocycles. The maximum atomic E-state index is 6.59. The standard InChI is InChI=1S/C15H27ClN4O/c1-5-15(3,20-6-8-21-9-7-20)13(17)10-12-11(2)18-19(4)14(12)16/h13H,5-10,17H2,1-4H3. The third-order valence-corrected chi connectivity index (χ3v) is 5.41. The van der Waals surface area contributed by atoms with Crippen LogP contribution in [0.1, 0.15) is 31.5 Å². The molecule has 0 spiro atoms. The van der Waals surface area contributed by atoms with Crippen molar-refractivity contribution in [1.82, 2.24) is 14.7 Å². The minimum absolute atomic E-state index is 0.0148. The average molecular weight is 315 g/mol. The molecule has 2 rings (SSSR count). The van der Waals surface area contributed by atoms with Crippen LogP contribution >= 0.6 is 11.6 Å². The van der Waals surface area contributed by atoms with Gasteiger partial charge in [0.25, 0.3) is 0 Å². The van der Waals surface area contributed by atoms with Gasteiger partial charge in [-0.2, -0.15) is 5.10 Å². The van der Waals surface area contributed by atoms with Crippen LogP contribution in [-0.4, -0.2) is 52.6 Å². The van der Waals surface area contributed by atoms with Crippen LogP contribution in [0.4, 0.5) is 0 Å². The summed E-state index contributed by atoms with van der Waals surface area (Å²) in [5, 5.41) is 5.08. The van der Waals surface area contributed by atoms with Crippen molar-refractivity contribution in [2.24, 2.45) is 12.8 Å². The summed E-state index contributed by atoms with van der Waals surface area (Å²) in [5.74, 6) is 0. The number of hydrogen-bond donors (Lipinski definition) is 1. The van der Waals surface area contributed by atoms with Gasteiger partial charge in [0.15, 0.2) is 0 Å². The van der Waals surface area contributed by atoms with E-state index in [1.807, 2.05) is 14.0 Å². The molecule has 0 saturated carbocycles. The molecule has 2 N–H and O–H groups in total. The predicted molar refractivity (Wildman–Crippen MR) is 85.7 cm³/mol. The zero-order valence-corrected chi connectivity index (χ0v) is 14.3. The predicted octanol–water partition coefficient (Wildman–Crippen LogP) is 1.75. The van der Waals surface area contributed by atoms with Crippen LogP contribution in [0.25, 0.3) is 0 Å². The van der Waals surface area contributed by atoms with Gasteiger partial charge >= 0.3 is 0 Å². The first kappa shape index (κ1) is 16.7. The Morgan fingerprint density at radius 1 is 1.43 bits per heavy atom. The van der Waals surface area contributed by atoms with Gasteiger partial charge in [-0.25, -0.2) is 0 Å². The van der Waals surface area contributed by atoms with Gasteiger partial charge in [0.05, 0.1) is 18.9 Å². The monoisotopic (exact) mass is 314 g/mol. The quantitative estimate of drug-likeness (QED) is 0.899. The Labute approximate surface area is 132 Å². The van der Waals surface area contributed by atoms with Crippen molar-refractivity contribution in [3.8, 4) is 0 Å². The van der Waals surface area contributed by atoms with E-state index >= 15 is 0 Å². The second-order valence-corrected chi connectivity index (χ2v) is 6.46. The lowest BCUT2D eigenvalue weighted by Crippen LogP contribution is -2.61. The van der Waals surface area contributed by atoms with Crippen molar-refractivity contribution >= 4 is 11.6 Å². The van der Waals surface area contributed by atoms with Gasteiger partial charge < -0.3 is 10.5 Å². The summed E-state index contributed by atoms with van der Waals surface area (Å²) < 4.78 is 7.18. The maximum Gasteiger partial charge on any atom is 0.130 e. The number of nitrogens with zero attached hydrogens (tertiary/aromatic N) is 3. The molecule has 6 heteroatoms. The highest BCUT2D eigenvalue weighted by Gasteiger charge is 2.37. The molecular formula is C15H27ClN4O. The number of aromatic nitrogens is 2. The van der Waals surface area contributed by atoms with Gasteiger partial charge in [-0.3, -0.25) is 9.58 Å². The zero-order chi connectivity index (χ0) is 15.6. The second kappa shape index (κ2) is 6.65. The zero-order valence-electron chi connectivity index (χ0n) is 13.5. The van der Waals surface area contributed by atoms with E-state index in [0.717, 1.165) is 50.4 Å². The fourth-order valence-electron chi connectivity index (χ4n) is 3.14. The number of hydrogen-bond acceptors (Lipinski definition) is 4. The summed E-state index contributed by atoms with van der Waals surface area (Å²) >= 11 is 6.35. The molecule has 1 fully saturated rings. The smallest absolute Gasteiger partial charge is 0.130 e. The van der Waals surface area contributed by atoms with Gasteiger partial charge in [-0.05, 0) is 26.7 Å². The Hall–Kier alpha value is -0.620. The molecule has 2 unspecified atom stereocenters. The molecule has 2 atom stereocenters. The number of morpholine rings is 1. The van der Waals surface area contributed by atoms with E-state index in [1.165, 1.54) is 0 Å². The molecule has 21 heavy (non-hydrogen) atoms. The Morgan fingerprint density at radius 3 is 2.52 bits per heavy atom. The van der Waals surface area contributed by atoms with Crippen LogP contribution in [0, 0.1) is 6.92 Å². The maximum absolute atomic E-state index is 6.59. The lowest BCUT2D eigenvalue weighted by molar-refractivity contribution is -0.0272. The molecule has 1 aromatic rings. The molecule has 1 aliphatic rings. The van der Waals surface area contributed by atoms with Crippen molar-refractivity contribution < 1.29 is 4.74 Å². The van der Waals surface area contributed by atoms with Gasteiger partial charge in [0, 0.05) is 37.3 Å². The normalized spacial score (nSPS) is 21.2. The fraction of sp³-hybridized carbons (Fsp3) is 0.800. The van der Waals surface area contributed by atoms with E-state index in [4.69, 9.17) is 22.1 Å². The number of halogens is 1. The van der Waals surface area contributed by atoms with Gasteiger partial charge in [0.1, 0.15) is 5.15 Å². The third-order valence-electron chi connectivity index (χ3n) is 4.94. The highest BCUT2D eigenvalue weighted by atomic mass is 35.5. The second-order valence-electron chi connectivity index (χ2n) is 6.10.